The summed E-state index contributed by atoms with van der Waals surface area (Å²) >= 11 is 6.16. The number of ether oxygens (including phenoxy) is 1. The van der Waals surface area contributed by atoms with Crippen LogP contribution in [0.5, 0.6) is 11.5 Å². The second-order valence-corrected chi connectivity index (χ2v) is 6.56. The Morgan fingerprint density at radius 1 is 0.926 bits per heavy atom. The Morgan fingerprint density at radius 2 is 1.56 bits per heavy atom. The third kappa shape index (κ3) is 5.58. The highest BCUT2D eigenvalue weighted by atomic mass is 35.5. The van der Waals surface area contributed by atoms with Crippen LogP contribution in [-0.4, -0.2) is 12.5 Å². The second-order valence-electron chi connectivity index (χ2n) is 6.15. The van der Waals surface area contributed by atoms with Crippen molar-refractivity contribution in [1.82, 2.24) is 5.32 Å². The van der Waals surface area contributed by atoms with E-state index in [0.29, 0.717) is 11.3 Å². The summed E-state index contributed by atoms with van der Waals surface area (Å²) in [6.07, 6.45) is 0.891. The molecule has 0 saturated heterocycles. The zero-order chi connectivity index (χ0) is 19.1. The topological polar surface area (TPSA) is 64.4 Å². The van der Waals surface area contributed by atoms with Gasteiger partial charge in [0.1, 0.15) is 11.5 Å². The van der Waals surface area contributed by atoms with Gasteiger partial charge in [0.15, 0.2) is 0 Å². The third-order valence-electron chi connectivity index (χ3n) is 4.16. The fourth-order valence-corrected chi connectivity index (χ4v) is 2.89. The smallest absolute Gasteiger partial charge is 0.248 e. The van der Waals surface area contributed by atoms with Gasteiger partial charge in [0.25, 0.3) is 0 Å². The number of amides is 1. The molecule has 0 bridgehead atoms. The first-order valence-electron chi connectivity index (χ1n) is 8.72. The van der Waals surface area contributed by atoms with E-state index in [1.54, 1.807) is 24.3 Å². The van der Waals surface area contributed by atoms with E-state index in [-0.39, 0.29) is 0 Å². The number of benzene rings is 3. The van der Waals surface area contributed by atoms with E-state index in [1.165, 1.54) is 5.56 Å². The molecule has 3 rings (SSSR count). The van der Waals surface area contributed by atoms with Gasteiger partial charge in [-0.1, -0.05) is 41.9 Å². The molecule has 1 amide bonds. The van der Waals surface area contributed by atoms with E-state index in [4.69, 9.17) is 22.1 Å². The number of nitrogens with two attached hydrogens (primary N) is 1. The average molecular weight is 381 g/mol. The summed E-state index contributed by atoms with van der Waals surface area (Å²) in [5.74, 6) is 0.945. The third-order valence-corrected chi connectivity index (χ3v) is 4.52. The number of hydrogen-bond donors (Lipinski definition) is 2. The molecule has 0 aliphatic heterocycles. The quantitative estimate of drug-likeness (QED) is 0.563. The van der Waals surface area contributed by atoms with Crippen molar-refractivity contribution in [1.29, 1.82) is 0 Å². The van der Waals surface area contributed by atoms with E-state index in [2.05, 4.69) is 5.32 Å². The summed E-state index contributed by atoms with van der Waals surface area (Å²) in [7, 11) is 0. The zero-order valence-corrected chi connectivity index (χ0v) is 15.6. The molecule has 0 atom stereocenters. The highest BCUT2D eigenvalue weighted by Crippen LogP contribution is 2.22. The Hall–Kier alpha value is -2.82. The van der Waals surface area contributed by atoms with Crippen molar-refractivity contribution in [2.24, 2.45) is 5.73 Å². The summed E-state index contributed by atoms with van der Waals surface area (Å²) in [5, 5.41) is 4.23. The van der Waals surface area contributed by atoms with Gasteiger partial charge < -0.3 is 15.8 Å². The molecule has 0 unspecified atom stereocenters. The van der Waals surface area contributed by atoms with Crippen LogP contribution in [0.2, 0.25) is 5.02 Å². The van der Waals surface area contributed by atoms with E-state index in [1.807, 2.05) is 48.5 Å². The fourth-order valence-electron chi connectivity index (χ4n) is 2.66. The predicted molar refractivity (Wildman–Crippen MR) is 108 cm³/mol. The van der Waals surface area contributed by atoms with Gasteiger partial charge in [-0.3, -0.25) is 4.79 Å². The molecule has 0 heterocycles. The monoisotopic (exact) mass is 380 g/mol. The number of nitrogens with one attached hydrogen (secondary N) is 1. The van der Waals surface area contributed by atoms with Crippen LogP contribution in [0.15, 0.2) is 72.8 Å². The molecule has 0 radical (unpaired) electrons. The first-order chi connectivity index (χ1) is 13.1. The average Bonchev–Trinajstić information content (AvgIpc) is 2.68. The molecule has 0 aliphatic rings. The van der Waals surface area contributed by atoms with Crippen LogP contribution in [0.25, 0.3) is 0 Å². The summed E-state index contributed by atoms with van der Waals surface area (Å²) in [5.41, 5.74) is 8.01. The van der Waals surface area contributed by atoms with Gasteiger partial charge in [-0.25, -0.2) is 0 Å². The van der Waals surface area contributed by atoms with Crippen molar-refractivity contribution in [2.45, 2.75) is 13.0 Å². The van der Waals surface area contributed by atoms with Crippen LogP contribution in [0.4, 0.5) is 0 Å². The van der Waals surface area contributed by atoms with Crippen LogP contribution in [0.1, 0.15) is 21.5 Å². The molecule has 3 N–H and O–H groups in total. The maximum absolute atomic E-state index is 11.1. The summed E-state index contributed by atoms with van der Waals surface area (Å²) < 4.78 is 5.78. The lowest BCUT2D eigenvalue weighted by Gasteiger charge is -2.09. The minimum Gasteiger partial charge on any atom is -0.457 e. The molecule has 0 fully saturated rings. The lowest BCUT2D eigenvalue weighted by atomic mass is 10.1. The van der Waals surface area contributed by atoms with Crippen LogP contribution in [0, 0.1) is 0 Å². The molecule has 5 heteroatoms. The van der Waals surface area contributed by atoms with Crippen molar-refractivity contribution in [2.75, 3.05) is 6.54 Å². The van der Waals surface area contributed by atoms with Crippen molar-refractivity contribution < 1.29 is 9.53 Å². The van der Waals surface area contributed by atoms with Crippen molar-refractivity contribution in [3.63, 3.8) is 0 Å². The van der Waals surface area contributed by atoms with Gasteiger partial charge in [-0.05, 0) is 66.6 Å². The SMILES string of the molecule is NC(=O)c1ccc(Oc2ccc(CNCCc3ccccc3Cl)cc2)cc1. The lowest BCUT2D eigenvalue weighted by Crippen LogP contribution is -2.16. The molecule has 138 valence electrons. The van der Waals surface area contributed by atoms with Gasteiger partial charge in [-0.2, -0.15) is 0 Å². The maximum Gasteiger partial charge on any atom is 0.248 e. The normalized spacial score (nSPS) is 10.6. The first kappa shape index (κ1) is 19.0. The predicted octanol–water partition coefficient (Wildman–Crippen LogP) is 4.56. The number of carbonyl (C=O) groups excluding carboxylic acids is 1. The van der Waals surface area contributed by atoms with Crippen LogP contribution in [0.3, 0.4) is 0 Å². The Morgan fingerprint density at radius 3 is 2.19 bits per heavy atom. The molecular weight excluding hydrogens is 360 g/mol. The molecule has 3 aromatic carbocycles. The van der Waals surface area contributed by atoms with Crippen molar-refractivity contribution in [3.8, 4) is 11.5 Å². The van der Waals surface area contributed by atoms with E-state index >= 15 is 0 Å². The second kappa shape index (κ2) is 9.21. The van der Waals surface area contributed by atoms with Gasteiger partial charge in [0.05, 0.1) is 0 Å². The number of halogens is 1. The van der Waals surface area contributed by atoms with Gasteiger partial charge in [-0.15, -0.1) is 0 Å². The Kier molecular flexibility index (Phi) is 6.47. The van der Waals surface area contributed by atoms with E-state index in [9.17, 15) is 4.79 Å². The van der Waals surface area contributed by atoms with Crippen LogP contribution >= 0.6 is 11.6 Å². The molecule has 0 aliphatic carbocycles. The van der Waals surface area contributed by atoms with E-state index < -0.39 is 5.91 Å². The first-order valence-corrected chi connectivity index (χ1v) is 9.10. The Bertz CT molecular complexity index is 893. The van der Waals surface area contributed by atoms with Crippen molar-refractivity contribution in [3.05, 3.63) is 94.5 Å². The zero-order valence-electron chi connectivity index (χ0n) is 14.8. The number of rotatable bonds is 8. The number of hydrogen-bond acceptors (Lipinski definition) is 3. The summed E-state index contributed by atoms with van der Waals surface area (Å²) in [4.78, 5) is 11.1. The summed E-state index contributed by atoms with van der Waals surface area (Å²) in [6, 6.07) is 22.5. The number of primary amides is 1. The number of carbonyl (C=O) groups is 1. The molecule has 0 saturated carbocycles. The molecule has 0 spiro atoms. The van der Waals surface area contributed by atoms with Crippen molar-refractivity contribution >= 4 is 17.5 Å². The fraction of sp³-hybridized carbons (Fsp3) is 0.136. The minimum atomic E-state index is -0.451. The minimum absolute atomic E-state index is 0.451. The summed E-state index contributed by atoms with van der Waals surface area (Å²) in [6.45, 7) is 1.63. The van der Waals surface area contributed by atoms with E-state index in [0.717, 1.165) is 35.8 Å². The van der Waals surface area contributed by atoms with Crippen LogP contribution < -0.4 is 15.8 Å². The van der Waals surface area contributed by atoms with Gasteiger partial charge in [0, 0.05) is 17.1 Å². The highest BCUT2D eigenvalue weighted by Gasteiger charge is 2.02. The van der Waals surface area contributed by atoms with Gasteiger partial charge >= 0.3 is 0 Å². The molecular formula is C22H21ClN2O2. The Labute approximate surface area is 163 Å². The standard InChI is InChI=1S/C22H21ClN2O2/c23-21-4-2-1-3-17(21)13-14-25-15-16-5-9-19(10-6-16)27-20-11-7-18(8-12-20)22(24)26/h1-12,25H,13-15H2,(H2,24,26). The lowest BCUT2D eigenvalue weighted by molar-refractivity contribution is 0.100. The van der Waals surface area contributed by atoms with Crippen LogP contribution in [-0.2, 0) is 13.0 Å². The maximum atomic E-state index is 11.1. The molecule has 0 aromatic heterocycles. The highest BCUT2D eigenvalue weighted by molar-refractivity contribution is 6.31. The molecule has 27 heavy (non-hydrogen) atoms. The largest absolute Gasteiger partial charge is 0.457 e. The molecule has 4 nitrogen and oxygen atoms in total. The Balaban J connectivity index is 1.47. The van der Waals surface area contributed by atoms with Gasteiger partial charge in [0.2, 0.25) is 5.91 Å². The molecule has 3 aromatic rings.